The number of hydrazine groups is 1. The summed E-state index contributed by atoms with van der Waals surface area (Å²) in [4.78, 5) is 7.50. The molecule has 0 aliphatic carbocycles. The Kier molecular flexibility index (Phi) is 3.68. The number of nitrogen functional groups attached to an aromatic ring is 1. The van der Waals surface area contributed by atoms with E-state index in [-0.39, 0.29) is 11.8 Å². The fraction of sp³-hybridized carbons (Fsp3) is 0. The summed E-state index contributed by atoms with van der Waals surface area (Å²) in [5.74, 6) is 4.86. The van der Waals surface area contributed by atoms with Crippen LogP contribution in [-0.4, -0.2) is 9.97 Å². The zero-order chi connectivity index (χ0) is 14.8. The Balaban J connectivity index is 2.04. The third-order valence-electron chi connectivity index (χ3n) is 2.88. The zero-order valence-electron chi connectivity index (χ0n) is 10.7. The number of benzene rings is 2. The highest BCUT2D eigenvalue weighted by Crippen LogP contribution is 2.35. The van der Waals surface area contributed by atoms with Gasteiger partial charge in [-0.3, -0.25) is 5.43 Å². The van der Waals surface area contributed by atoms with Gasteiger partial charge >= 0.3 is 0 Å². The number of nitrogens with two attached hydrogens (primary N) is 1. The maximum Gasteiger partial charge on any atom is 0.260 e. The molecule has 0 radical (unpaired) electrons. The molecule has 3 aromatic rings. The summed E-state index contributed by atoms with van der Waals surface area (Å²) in [6, 6.07) is 11.4. The molecule has 1 aromatic heterocycles. The van der Waals surface area contributed by atoms with Gasteiger partial charge in [0.2, 0.25) is 11.8 Å². The molecule has 5 nitrogen and oxygen atoms in total. The molecule has 0 saturated heterocycles. The van der Waals surface area contributed by atoms with Gasteiger partial charge < -0.3 is 4.74 Å². The van der Waals surface area contributed by atoms with Gasteiger partial charge in [-0.25, -0.2) is 10.8 Å². The zero-order valence-corrected chi connectivity index (χ0v) is 12.3. The van der Waals surface area contributed by atoms with Crippen LogP contribution in [0, 0.1) is 5.82 Å². The van der Waals surface area contributed by atoms with Crippen LogP contribution < -0.4 is 16.0 Å². The average molecular weight is 349 g/mol. The summed E-state index contributed by atoms with van der Waals surface area (Å²) in [6.45, 7) is 0. The first-order valence-electron chi connectivity index (χ1n) is 6.03. The summed E-state index contributed by atoms with van der Waals surface area (Å²) in [6.07, 6.45) is 0.993. The van der Waals surface area contributed by atoms with Crippen LogP contribution in [0.25, 0.3) is 10.8 Å². The van der Waals surface area contributed by atoms with E-state index in [1.54, 1.807) is 6.07 Å². The first-order chi connectivity index (χ1) is 10.2. The van der Waals surface area contributed by atoms with Crippen LogP contribution in [0.5, 0.6) is 11.6 Å². The summed E-state index contributed by atoms with van der Waals surface area (Å²) < 4.78 is 19.9. The van der Waals surface area contributed by atoms with Gasteiger partial charge in [0.25, 0.3) is 5.88 Å². The number of hydrogen-bond donors (Lipinski definition) is 2. The normalized spacial score (nSPS) is 10.6. The van der Waals surface area contributed by atoms with Crippen molar-refractivity contribution in [3.05, 3.63) is 52.9 Å². The number of anilines is 1. The lowest BCUT2D eigenvalue weighted by Gasteiger charge is -2.10. The van der Waals surface area contributed by atoms with Crippen molar-refractivity contribution in [3.8, 4) is 11.6 Å². The number of nitrogens with zero attached hydrogens (tertiary/aromatic N) is 2. The largest absolute Gasteiger partial charge is 0.435 e. The number of rotatable bonds is 3. The van der Waals surface area contributed by atoms with E-state index >= 15 is 0 Å². The summed E-state index contributed by atoms with van der Waals surface area (Å²) in [5.41, 5.74) is 2.24. The van der Waals surface area contributed by atoms with Crippen LogP contribution in [0.3, 0.4) is 0 Å². The van der Waals surface area contributed by atoms with E-state index in [0.717, 1.165) is 21.4 Å². The first-order valence-corrected chi connectivity index (χ1v) is 6.82. The minimum atomic E-state index is -0.672. The number of halogens is 2. The monoisotopic (exact) mass is 348 g/mol. The molecular weight excluding hydrogens is 339 g/mol. The molecule has 0 fully saturated rings. The maximum absolute atomic E-state index is 13.7. The van der Waals surface area contributed by atoms with E-state index in [1.165, 1.54) is 0 Å². The number of aromatic nitrogens is 2. The molecule has 106 valence electrons. The molecule has 3 N–H and O–H groups in total. The number of nitrogens with one attached hydrogen (secondary N) is 1. The molecule has 0 saturated carbocycles. The predicted octanol–water partition coefficient (Wildman–Crippen LogP) is 3.61. The van der Waals surface area contributed by atoms with Crippen molar-refractivity contribution >= 4 is 32.7 Å². The Morgan fingerprint density at radius 3 is 2.81 bits per heavy atom. The highest BCUT2D eigenvalue weighted by molar-refractivity contribution is 9.10. The van der Waals surface area contributed by atoms with E-state index < -0.39 is 5.82 Å². The molecule has 21 heavy (non-hydrogen) atoms. The van der Waals surface area contributed by atoms with Crippen molar-refractivity contribution in [2.24, 2.45) is 5.84 Å². The van der Waals surface area contributed by atoms with Crippen LogP contribution in [0.2, 0.25) is 0 Å². The molecule has 0 unspecified atom stereocenters. The SMILES string of the molecule is NNc1ncc(F)c(Oc2ccc3ccccc3c2Br)n1. The van der Waals surface area contributed by atoms with E-state index in [9.17, 15) is 4.39 Å². The molecule has 0 aliphatic heterocycles. The van der Waals surface area contributed by atoms with Crippen LogP contribution in [0.15, 0.2) is 47.1 Å². The lowest BCUT2D eigenvalue weighted by molar-refractivity contribution is 0.419. The number of ether oxygens (including phenoxy) is 1. The van der Waals surface area contributed by atoms with Gasteiger partial charge in [-0.2, -0.15) is 9.37 Å². The third kappa shape index (κ3) is 2.65. The van der Waals surface area contributed by atoms with Crippen LogP contribution in [0.4, 0.5) is 10.3 Å². The van der Waals surface area contributed by atoms with E-state index in [4.69, 9.17) is 10.6 Å². The molecule has 0 aliphatic rings. The molecule has 2 aromatic carbocycles. The molecule has 0 atom stereocenters. The van der Waals surface area contributed by atoms with Gasteiger partial charge in [-0.15, -0.1) is 0 Å². The lowest BCUT2D eigenvalue weighted by atomic mass is 10.1. The molecule has 3 rings (SSSR count). The van der Waals surface area contributed by atoms with E-state index in [2.05, 4.69) is 31.3 Å². The standard InChI is InChI=1S/C14H10BrFN4O/c15-12-9-4-2-1-3-8(9)5-6-11(12)21-13-10(16)7-18-14(19-13)20-17/h1-7H,17H2,(H,18,19,20). The maximum atomic E-state index is 13.7. The van der Waals surface area contributed by atoms with Crippen molar-refractivity contribution in [1.82, 2.24) is 9.97 Å². The Labute approximate surface area is 128 Å². The quantitative estimate of drug-likeness (QED) is 0.558. The van der Waals surface area contributed by atoms with Gasteiger partial charge in [0.15, 0.2) is 0 Å². The van der Waals surface area contributed by atoms with Gasteiger partial charge in [-0.05, 0) is 32.8 Å². The fourth-order valence-electron chi connectivity index (χ4n) is 1.89. The lowest BCUT2D eigenvalue weighted by Crippen LogP contribution is -2.11. The summed E-state index contributed by atoms with van der Waals surface area (Å²) in [7, 11) is 0. The minimum absolute atomic E-state index is 0.0725. The first kappa shape index (κ1) is 13.7. The molecule has 1 heterocycles. The smallest absolute Gasteiger partial charge is 0.260 e. The van der Waals surface area contributed by atoms with Crippen LogP contribution >= 0.6 is 15.9 Å². The van der Waals surface area contributed by atoms with Crippen molar-refractivity contribution in [2.45, 2.75) is 0 Å². The fourth-order valence-corrected chi connectivity index (χ4v) is 2.46. The third-order valence-corrected chi connectivity index (χ3v) is 3.69. The van der Waals surface area contributed by atoms with Crippen molar-refractivity contribution in [1.29, 1.82) is 0 Å². The highest BCUT2D eigenvalue weighted by Gasteiger charge is 2.12. The summed E-state index contributed by atoms with van der Waals surface area (Å²) in [5, 5.41) is 2.01. The van der Waals surface area contributed by atoms with Gasteiger partial charge in [0, 0.05) is 0 Å². The molecular formula is C14H10BrFN4O. The Hall–Kier alpha value is -2.25. The molecule has 0 bridgehead atoms. The highest BCUT2D eigenvalue weighted by atomic mass is 79.9. The van der Waals surface area contributed by atoms with Crippen molar-refractivity contribution in [3.63, 3.8) is 0 Å². The average Bonchev–Trinajstić information content (AvgIpc) is 2.52. The second kappa shape index (κ2) is 5.63. The van der Waals surface area contributed by atoms with Crippen molar-refractivity contribution in [2.75, 3.05) is 5.43 Å². The van der Waals surface area contributed by atoms with Gasteiger partial charge in [-0.1, -0.05) is 30.3 Å². The summed E-state index contributed by atoms with van der Waals surface area (Å²) >= 11 is 3.47. The topological polar surface area (TPSA) is 73.1 Å². The van der Waals surface area contributed by atoms with Crippen LogP contribution in [-0.2, 0) is 0 Å². The Morgan fingerprint density at radius 2 is 2.00 bits per heavy atom. The van der Waals surface area contributed by atoms with Crippen LogP contribution in [0.1, 0.15) is 0 Å². The van der Waals surface area contributed by atoms with E-state index in [0.29, 0.717) is 5.75 Å². The Bertz CT molecular complexity index is 812. The predicted molar refractivity (Wildman–Crippen MR) is 81.5 cm³/mol. The second-order valence-electron chi connectivity index (χ2n) is 4.19. The number of fused-ring (bicyclic) bond motifs is 1. The molecule has 0 spiro atoms. The minimum Gasteiger partial charge on any atom is -0.435 e. The van der Waals surface area contributed by atoms with Gasteiger partial charge in [0.1, 0.15) is 5.75 Å². The number of hydrogen-bond acceptors (Lipinski definition) is 5. The molecule has 0 amide bonds. The second-order valence-corrected chi connectivity index (χ2v) is 4.98. The van der Waals surface area contributed by atoms with Gasteiger partial charge in [0.05, 0.1) is 10.7 Å². The Morgan fingerprint density at radius 1 is 1.19 bits per heavy atom. The molecule has 7 heteroatoms. The van der Waals surface area contributed by atoms with E-state index in [1.807, 2.05) is 30.3 Å². The van der Waals surface area contributed by atoms with Crippen molar-refractivity contribution < 1.29 is 9.13 Å².